The SMILES string of the molecule is COc1ccc(F)cc1C(C)CC(O)(COS(=O)(=O)Cc1ccccc1)C(F)(F)F. The van der Waals surface area contributed by atoms with E-state index in [4.69, 9.17) is 4.74 Å². The Morgan fingerprint density at radius 3 is 2.30 bits per heavy atom. The molecule has 0 radical (unpaired) electrons. The Morgan fingerprint density at radius 2 is 1.73 bits per heavy atom. The van der Waals surface area contributed by atoms with Crippen molar-refractivity contribution in [1.82, 2.24) is 0 Å². The maximum Gasteiger partial charge on any atom is 0.419 e. The van der Waals surface area contributed by atoms with Crippen LogP contribution >= 0.6 is 0 Å². The third kappa shape index (κ3) is 6.16. The van der Waals surface area contributed by atoms with E-state index in [-0.39, 0.29) is 11.3 Å². The molecule has 10 heteroatoms. The first-order valence-electron chi connectivity index (χ1n) is 8.90. The Hall–Kier alpha value is -2.17. The van der Waals surface area contributed by atoms with E-state index < -0.39 is 52.4 Å². The van der Waals surface area contributed by atoms with Gasteiger partial charge in [0, 0.05) is 0 Å². The second kappa shape index (κ2) is 9.32. The molecule has 2 atom stereocenters. The van der Waals surface area contributed by atoms with Crippen molar-refractivity contribution >= 4 is 10.1 Å². The first-order valence-corrected chi connectivity index (χ1v) is 10.5. The molecule has 30 heavy (non-hydrogen) atoms. The second-order valence-electron chi connectivity index (χ2n) is 6.97. The highest BCUT2D eigenvalue weighted by Crippen LogP contribution is 2.40. The zero-order valence-corrected chi connectivity index (χ0v) is 17.1. The van der Waals surface area contributed by atoms with E-state index in [0.717, 1.165) is 12.1 Å². The van der Waals surface area contributed by atoms with Crippen LogP contribution in [0.4, 0.5) is 17.6 Å². The lowest BCUT2D eigenvalue weighted by molar-refractivity contribution is -0.271. The highest BCUT2D eigenvalue weighted by molar-refractivity contribution is 7.85. The number of benzene rings is 2. The van der Waals surface area contributed by atoms with Crippen molar-refractivity contribution in [2.45, 2.75) is 36.8 Å². The molecule has 0 fully saturated rings. The molecule has 2 aromatic rings. The van der Waals surface area contributed by atoms with Crippen molar-refractivity contribution in [2.24, 2.45) is 0 Å². The lowest BCUT2D eigenvalue weighted by Crippen LogP contribution is -2.50. The molecule has 0 bridgehead atoms. The Balaban J connectivity index is 2.21. The molecule has 0 heterocycles. The van der Waals surface area contributed by atoms with Gasteiger partial charge in [-0.2, -0.15) is 21.6 Å². The van der Waals surface area contributed by atoms with Gasteiger partial charge in [-0.15, -0.1) is 0 Å². The predicted molar refractivity (Wildman–Crippen MR) is 102 cm³/mol. The molecular formula is C20H22F4O5S. The van der Waals surface area contributed by atoms with Gasteiger partial charge in [0.25, 0.3) is 10.1 Å². The van der Waals surface area contributed by atoms with Crippen LogP contribution in [-0.2, 0) is 20.1 Å². The van der Waals surface area contributed by atoms with Crippen LogP contribution in [0, 0.1) is 5.82 Å². The molecule has 0 saturated heterocycles. The van der Waals surface area contributed by atoms with E-state index in [1.807, 2.05) is 0 Å². The van der Waals surface area contributed by atoms with Gasteiger partial charge in [0.05, 0.1) is 7.11 Å². The number of aliphatic hydroxyl groups is 1. The summed E-state index contributed by atoms with van der Waals surface area (Å²) in [6, 6.07) is 11.1. The molecular weight excluding hydrogens is 428 g/mol. The van der Waals surface area contributed by atoms with Crippen LogP contribution < -0.4 is 4.74 Å². The standard InChI is InChI=1S/C20H22F4O5S/c1-14(17-10-16(21)8-9-18(17)28-2)11-19(25,20(22,23)24)13-29-30(26,27)12-15-6-4-3-5-7-15/h3-10,14,25H,11-13H2,1-2H3. The van der Waals surface area contributed by atoms with Crippen LogP contribution in [0.3, 0.4) is 0 Å². The summed E-state index contributed by atoms with van der Waals surface area (Å²) in [7, 11) is -3.12. The number of rotatable bonds is 9. The summed E-state index contributed by atoms with van der Waals surface area (Å²) in [6.45, 7) is -0.180. The summed E-state index contributed by atoms with van der Waals surface area (Å²) in [5, 5.41) is 10.3. The molecule has 0 aliphatic rings. The van der Waals surface area contributed by atoms with Gasteiger partial charge in [-0.25, -0.2) is 4.39 Å². The van der Waals surface area contributed by atoms with Crippen LogP contribution in [0.5, 0.6) is 5.75 Å². The molecule has 1 N–H and O–H groups in total. The Kier molecular flexibility index (Phi) is 7.49. The molecule has 0 aliphatic carbocycles. The monoisotopic (exact) mass is 450 g/mol. The first-order chi connectivity index (χ1) is 13.9. The van der Waals surface area contributed by atoms with Crippen molar-refractivity contribution < 1.29 is 40.0 Å². The topological polar surface area (TPSA) is 72.8 Å². The van der Waals surface area contributed by atoms with Crippen molar-refractivity contribution in [2.75, 3.05) is 13.7 Å². The molecule has 5 nitrogen and oxygen atoms in total. The fourth-order valence-corrected chi connectivity index (χ4v) is 4.03. The van der Waals surface area contributed by atoms with E-state index in [1.54, 1.807) is 18.2 Å². The summed E-state index contributed by atoms with van der Waals surface area (Å²) in [6.07, 6.45) is -6.15. The van der Waals surface area contributed by atoms with Crippen LogP contribution in [0.25, 0.3) is 0 Å². The molecule has 0 aromatic heterocycles. The lowest BCUT2D eigenvalue weighted by Gasteiger charge is -2.32. The third-order valence-electron chi connectivity index (χ3n) is 4.56. The Bertz CT molecular complexity index is 947. The molecule has 0 amide bonds. The number of methoxy groups -OCH3 is 1. The highest BCUT2D eigenvalue weighted by Gasteiger charge is 2.55. The minimum absolute atomic E-state index is 0.104. The molecule has 2 rings (SSSR count). The van der Waals surface area contributed by atoms with E-state index in [9.17, 15) is 31.1 Å². The zero-order chi connectivity index (χ0) is 22.6. The van der Waals surface area contributed by atoms with Gasteiger partial charge in [0.1, 0.15) is 23.9 Å². The van der Waals surface area contributed by atoms with Gasteiger partial charge in [0.2, 0.25) is 0 Å². The molecule has 2 unspecified atom stereocenters. The smallest absolute Gasteiger partial charge is 0.419 e. The lowest BCUT2D eigenvalue weighted by atomic mass is 9.86. The maximum absolute atomic E-state index is 13.6. The van der Waals surface area contributed by atoms with Crippen LogP contribution in [-0.4, -0.2) is 39.0 Å². The second-order valence-corrected chi connectivity index (χ2v) is 8.61. The molecule has 0 aliphatic heterocycles. The molecule has 2 aromatic carbocycles. The third-order valence-corrected chi connectivity index (χ3v) is 5.72. The maximum atomic E-state index is 13.6. The van der Waals surface area contributed by atoms with Gasteiger partial charge in [-0.05, 0) is 41.7 Å². The molecule has 0 spiro atoms. The average Bonchev–Trinajstić information content (AvgIpc) is 2.66. The van der Waals surface area contributed by atoms with Gasteiger partial charge < -0.3 is 9.84 Å². The minimum Gasteiger partial charge on any atom is -0.496 e. The first kappa shape index (κ1) is 24.1. The number of hydrogen-bond donors (Lipinski definition) is 1. The number of halogens is 4. The fraction of sp³-hybridized carbons (Fsp3) is 0.400. The fourth-order valence-electron chi connectivity index (χ4n) is 2.97. The number of ether oxygens (including phenoxy) is 1. The normalized spacial score (nSPS) is 15.4. The predicted octanol–water partition coefficient (Wildman–Crippen LogP) is 4.17. The van der Waals surface area contributed by atoms with E-state index in [0.29, 0.717) is 5.56 Å². The van der Waals surface area contributed by atoms with Gasteiger partial charge >= 0.3 is 6.18 Å². The summed E-state index contributed by atoms with van der Waals surface area (Å²) in [5.41, 5.74) is -3.05. The Morgan fingerprint density at radius 1 is 1.10 bits per heavy atom. The molecule has 0 saturated carbocycles. The quantitative estimate of drug-likeness (QED) is 0.459. The van der Waals surface area contributed by atoms with Crippen molar-refractivity contribution in [3.8, 4) is 5.75 Å². The number of alkyl halides is 3. The van der Waals surface area contributed by atoms with E-state index in [1.165, 1.54) is 32.2 Å². The van der Waals surface area contributed by atoms with Gasteiger partial charge in [-0.1, -0.05) is 37.3 Å². The summed E-state index contributed by atoms with van der Waals surface area (Å²) in [5.74, 6) is -2.21. The number of hydrogen-bond acceptors (Lipinski definition) is 5. The van der Waals surface area contributed by atoms with E-state index in [2.05, 4.69) is 4.18 Å². The summed E-state index contributed by atoms with van der Waals surface area (Å²) < 4.78 is 88.2. The minimum atomic E-state index is -5.19. The van der Waals surface area contributed by atoms with Crippen molar-refractivity contribution in [3.63, 3.8) is 0 Å². The Labute approximate surface area is 172 Å². The van der Waals surface area contributed by atoms with Crippen molar-refractivity contribution in [3.05, 3.63) is 65.5 Å². The van der Waals surface area contributed by atoms with Gasteiger partial charge in [-0.3, -0.25) is 4.18 Å². The summed E-state index contributed by atoms with van der Waals surface area (Å²) >= 11 is 0. The average molecular weight is 450 g/mol. The van der Waals surface area contributed by atoms with Crippen molar-refractivity contribution in [1.29, 1.82) is 0 Å². The highest BCUT2D eigenvalue weighted by atomic mass is 32.2. The van der Waals surface area contributed by atoms with Crippen LogP contribution in [0.15, 0.2) is 48.5 Å². The summed E-state index contributed by atoms with van der Waals surface area (Å²) in [4.78, 5) is 0. The van der Waals surface area contributed by atoms with E-state index >= 15 is 0 Å². The van der Waals surface area contributed by atoms with Crippen LogP contribution in [0.2, 0.25) is 0 Å². The zero-order valence-electron chi connectivity index (χ0n) is 16.3. The van der Waals surface area contributed by atoms with Crippen LogP contribution in [0.1, 0.15) is 30.4 Å². The van der Waals surface area contributed by atoms with Gasteiger partial charge in [0.15, 0.2) is 5.60 Å². The molecule has 166 valence electrons. The largest absolute Gasteiger partial charge is 0.496 e.